The molecule has 2 aromatic heterocycles. The average Bonchev–Trinajstić information content (AvgIpc) is 2.72. The molecule has 1 aromatic carbocycles. The molecule has 0 radical (unpaired) electrons. The van der Waals surface area contributed by atoms with Crippen molar-refractivity contribution >= 4 is 28.1 Å². The zero-order chi connectivity index (χ0) is 19.5. The Kier molecular flexibility index (Phi) is 5.03. The molecule has 4 rings (SSSR count). The first kappa shape index (κ1) is 18.1. The molecule has 144 valence electrons. The quantitative estimate of drug-likeness (QED) is 0.539. The van der Waals surface area contributed by atoms with Crippen LogP contribution in [0.1, 0.15) is 5.56 Å². The van der Waals surface area contributed by atoms with Gasteiger partial charge in [-0.1, -0.05) is 6.07 Å². The van der Waals surface area contributed by atoms with Crippen molar-refractivity contribution in [2.45, 2.75) is 6.54 Å². The number of fused-ring (bicyclic) bond motifs is 1. The highest BCUT2D eigenvalue weighted by Gasteiger charge is 2.19. The maximum atomic E-state index is 11.3. The van der Waals surface area contributed by atoms with Gasteiger partial charge in [0.25, 0.3) is 5.69 Å². The fourth-order valence-corrected chi connectivity index (χ4v) is 3.52. The smallest absolute Gasteiger partial charge is 0.278 e. The molecule has 1 N–H and O–H groups in total. The molecule has 0 atom stereocenters. The predicted octanol–water partition coefficient (Wildman–Crippen LogP) is 2.90. The van der Waals surface area contributed by atoms with E-state index in [2.05, 4.69) is 38.2 Å². The van der Waals surface area contributed by atoms with Gasteiger partial charge in [-0.2, -0.15) is 0 Å². The van der Waals surface area contributed by atoms with E-state index in [1.807, 2.05) is 12.3 Å². The molecule has 28 heavy (non-hydrogen) atoms. The fourth-order valence-electron chi connectivity index (χ4n) is 3.52. The maximum absolute atomic E-state index is 11.3. The van der Waals surface area contributed by atoms with Crippen LogP contribution in [0.2, 0.25) is 0 Å². The van der Waals surface area contributed by atoms with Crippen molar-refractivity contribution in [3.63, 3.8) is 0 Å². The molecule has 0 amide bonds. The number of pyridine rings is 2. The number of aromatic nitrogens is 2. The zero-order valence-corrected chi connectivity index (χ0v) is 15.7. The van der Waals surface area contributed by atoms with Crippen LogP contribution in [0.4, 0.5) is 17.2 Å². The third-order valence-electron chi connectivity index (χ3n) is 5.08. The van der Waals surface area contributed by atoms with E-state index in [0.29, 0.717) is 17.4 Å². The number of nitro benzene ring substituents is 1. The number of likely N-dealkylation sites (N-methyl/N-ethyl adjacent to an activating group) is 1. The van der Waals surface area contributed by atoms with Crippen molar-refractivity contribution < 1.29 is 4.92 Å². The molecule has 1 saturated heterocycles. The first-order chi connectivity index (χ1) is 13.6. The van der Waals surface area contributed by atoms with Gasteiger partial charge in [-0.15, -0.1) is 0 Å². The highest BCUT2D eigenvalue weighted by molar-refractivity contribution is 5.96. The molecule has 0 aliphatic carbocycles. The van der Waals surface area contributed by atoms with Crippen LogP contribution in [-0.2, 0) is 6.54 Å². The number of benzene rings is 1. The van der Waals surface area contributed by atoms with E-state index in [4.69, 9.17) is 0 Å². The SMILES string of the molecule is CN1CCN(c2ncccc2CNc2ccc([N+](=O)[O-])c3cccnc23)CC1. The summed E-state index contributed by atoms with van der Waals surface area (Å²) in [5.74, 6) is 0.988. The van der Waals surface area contributed by atoms with Crippen molar-refractivity contribution in [3.8, 4) is 0 Å². The van der Waals surface area contributed by atoms with E-state index in [-0.39, 0.29) is 10.6 Å². The van der Waals surface area contributed by atoms with Crippen LogP contribution >= 0.6 is 0 Å². The molecule has 3 heterocycles. The number of hydrogen-bond acceptors (Lipinski definition) is 7. The van der Waals surface area contributed by atoms with Crippen molar-refractivity contribution in [2.24, 2.45) is 0 Å². The summed E-state index contributed by atoms with van der Waals surface area (Å²) in [6.45, 7) is 4.49. The predicted molar refractivity (Wildman–Crippen MR) is 110 cm³/mol. The van der Waals surface area contributed by atoms with Gasteiger partial charge in [-0.3, -0.25) is 15.1 Å². The molecule has 3 aromatic rings. The Hall–Kier alpha value is -3.26. The molecule has 0 spiro atoms. The van der Waals surface area contributed by atoms with E-state index >= 15 is 0 Å². The van der Waals surface area contributed by atoms with Crippen LogP contribution < -0.4 is 10.2 Å². The summed E-state index contributed by atoms with van der Waals surface area (Å²) >= 11 is 0. The van der Waals surface area contributed by atoms with E-state index in [1.54, 1.807) is 24.4 Å². The largest absolute Gasteiger partial charge is 0.379 e. The van der Waals surface area contributed by atoms with Gasteiger partial charge in [0.1, 0.15) is 11.3 Å². The Bertz CT molecular complexity index is 1000. The number of nitrogens with zero attached hydrogens (tertiary/aromatic N) is 5. The molecule has 0 unspecified atom stereocenters. The summed E-state index contributed by atoms with van der Waals surface area (Å²) in [6.07, 6.45) is 3.47. The summed E-state index contributed by atoms with van der Waals surface area (Å²) in [5.41, 5.74) is 2.53. The Morgan fingerprint density at radius 3 is 2.61 bits per heavy atom. The molecule has 0 saturated carbocycles. The van der Waals surface area contributed by atoms with Crippen molar-refractivity contribution in [1.82, 2.24) is 14.9 Å². The van der Waals surface area contributed by atoms with Crippen molar-refractivity contribution in [2.75, 3.05) is 43.4 Å². The first-order valence-corrected chi connectivity index (χ1v) is 9.27. The number of rotatable bonds is 5. The molecule has 1 aliphatic rings. The van der Waals surface area contributed by atoms with Gasteiger partial charge in [0.15, 0.2) is 0 Å². The number of nitro groups is 1. The second-order valence-corrected chi connectivity index (χ2v) is 6.92. The third-order valence-corrected chi connectivity index (χ3v) is 5.08. The highest BCUT2D eigenvalue weighted by Crippen LogP contribution is 2.30. The van der Waals surface area contributed by atoms with E-state index in [0.717, 1.165) is 43.2 Å². The maximum Gasteiger partial charge on any atom is 0.278 e. The Balaban J connectivity index is 1.59. The number of non-ortho nitro benzene ring substituents is 1. The zero-order valence-electron chi connectivity index (χ0n) is 15.7. The van der Waals surface area contributed by atoms with Gasteiger partial charge < -0.3 is 15.1 Å². The van der Waals surface area contributed by atoms with Crippen molar-refractivity contribution in [1.29, 1.82) is 0 Å². The van der Waals surface area contributed by atoms with E-state index in [1.165, 1.54) is 6.07 Å². The minimum atomic E-state index is -0.375. The minimum absolute atomic E-state index is 0.0631. The minimum Gasteiger partial charge on any atom is -0.379 e. The third kappa shape index (κ3) is 3.59. The average molecular weight is 378 g/mol. The first-order valence-electron chi connectivity index (χ1n) is 9.27. The molecular weight excluding hydrogens is 356 g/mol. The second-order valence-electron chi connectivity index (χ2n) is 6.92. The molecule has 8 heteroatoms. The van der Waals surface area contributed by atoms with Crippen LogP contribution in [0.15, 0.2) is 48.8 Å². The summed E-state index contributed by atoms with van der Waals surface area (Å²) < 4.78 is 0. The summed E-state index contributed by atoms with van der Waals surface area (Å²) in [4.78, 5) is 24.5. The van der Waals surface area contributed by atoms with Crippen molar-refractivity contribution in [3.05, 3.63) is 64.5 Å². The Morgan fingerprint density at radius 1 is 1.07 bits per heavy atom. The van der Waals surface area contributed by atoms with Gasteiger partial charge >= 0.3 is 0 Å². The molecule has 1 fully saturated rings. The van der Waals surface area contributed by atoms with Crippen LogP contribution in [0.3, 0.4) is 0 Å². The van der Waals surface area contributed by atoms with Gasteiger partial charge in [-0.05, 0) is 31.3 Å². The topological polar surface area (TPSA) is 87.4 Å². The fraction of sp³-hybridized carbons (Fsp3) is 0.300. The van der Waals surface area contributed by atoms with Crippen LogP contribution in [0.5, 0.6) is 0 Å². The molecule has 1 aliphatic heterocycles. The number of piperazine rings is 1. The highest BCUT2D eigenvalue weighted by atomic mass is 16.6. The van der Waals surface area contributed by atoms with Crippen LogP contribution in [0.25, 0.3) is 10.9 Å². The monoisotopic (exact) mass is 378 g/mol. The lowest BCUT2D eigenvalue weighted by Gasteiger charge is -2.34. The van der Waals surface area contributed by atoms with Gasteiger partial charge in [0, 0.05) is 56.7 Å². The summed E-state index contributed by atoms with van der Waals surface area (Å²) in [6, 6.07) is 10.7. The van der Waals surface area contributed by atoms with Gasteiger partial charge in [0.2, 0.25) is 0 Å². The molecular formula is C20H22N6O2. The van der Waals surface area contributed by atoms with Crippen LogP contribution in [0, 0.1) is 10.1 Å². The summed E-state index contributed by atoms with van der Waals surface area (Å²) in [5, 5.41) is 15.2. The van der Waals surface area contributed by atoms with Crippen LogP contribution in [-0.4, -0.2) is 53.0 Å². The lowest BCUT2D eigenvalue weighted by atomic mass is 10.1. The summed E-state index contributed by atoms with van der Waals surface area (Å²) in [7, 11) is 2.13. The Labute approximate surface area is 163 Å². The van der Waals surface area contributed by atoms with E-state index < -0.39 is 0 Å². The lowest BCUT2D eigenvalue weighted by Crippen LogP contribution is -2.45. The normalized spacial score (nSPS) is 15.0. The number of anilines is 2. The number of nitrogens with one attached hydrogen (secondary N) is 1. The van der Waals surface area contributed by atoms with Gasteiger partial charge in [-0.25, -0.2) is 4.98 Å². The van der Waals surface area contributed by atoms with E-state index in [9.17, 15) is 10.1 Å². The number of hydrogen-bond donors (Lipinski definition) is 1. The lowest BCUT2D eigenvalue weighted by molar-refractivity contribution is -0.383. The van der Waals surface area contributed by atoms with Gasteiger partial charge in [0.05, 0.1) is 16.0 Å². The molecule has 0 bridgehead atoms. The standard InChI is InChI=1S/C20H22N6O2/c1-24-10-12-25(13-11-24)20-15(4-2-9-22-20)14-23-17-6-7-18(26(27)28)16-5-3-8-21-19(16)17/h2-9,23H,10-14H2,1H3. The Morgan fingerprint density at radius 2 is 1.82 bits per heavy atom. The second kappa shape index (κ2) is 7.77. The molecule has 8 nitrogen and oxygen atoms in total.